The van der Waals surface area contributed by atoms with Gasteiger partial charge in [-0.05, 0) is 44.0 Å². The highest BCUT2D eigenvalue weighted by atomic mass is 32.2. The van der Waals surface area contributed by atoms with Crippen LogP contribution in [0.25, 0.3) is 11.4 Å². The number of thiazole rings is 1. The molecule has 0 spiro atoms. The third kappa shape index (κ3) is 3.84. The van der Waals surface area contributed by atoms with Gasteiger partial charge in [0.05, 0.1) is 29.7 Å². The van der Waals surface area contributed by atoms with E-state index in [1.54, 1.807) is 11.3 Å². The highest BCUT2D eigenvalue weighted by Crippen LogP contribution is 2.59. The number of nitrogens with zero attached hydrogens (tertiary/aromatic N) is 4. The molecule has 0 amide bonds. The number of thioether (sulfide) groups is 1. The van der Waals surface area contributed by atoms with Crippen molar-refractivity contribution in [1.82, 2.24) is 15.0 Å². The molecule has 2 aliphatic rings. The molecule has 1 aromatic carbocycles. The fraction of sp³-hybridized carbons (Fsp3) is 0.381. The topological polar surface area (TPSA) is 77.2 Å². The van der Waals surface area contributed by atoms with Gasteiger partial charge in [-0.3, -0.25) is 0 Å². The zero-order valence-electron chi connectivity index (χ0n) is 16.2. The van der Waals surface area contributed by atoms with E-state index >= 15 is 0 Å². The Balaban J connectivity index is 1.57. The number of morpholine rings is 1. The molecule has 1 saturated heterocycles. The lowest BCUT2D eigenvalue weighted by molar-refractivity contribution is 0.0985. The summed E-state index contributed by atoms with van der Waals surface area (Å²) >= 11 is 3.52. The quantitative estimate of drug-likeness (QED) is 0.614. The second-order valence-electron chi connectivity index (χ2n) is 7.57. The van der Waals surface area contributed by atoms with Crippen molar-refractivity contribution in [2.75, 3.05) is 30.4 Å². The lowest BCUT2D eigenvalue weighted by Crippen LogP contribution is -2.44. The van der Waals surface area contributed by atoms with E-state index in [0.717, 1.165) is 65.5 Å². The number of nitrogen functional groups attached to an aromatic ring is 1. The van der Waals surface area contributed by atoms with Crippen molar-refractivity contribution in [3.8, 4) is 11.4 Å². The van der Waals surface area contributed by atoms with E-state index in [-0.39, 0.29) is 10.8 Å². The van der Waals surface area contributed by atoms with Crippen LogP contribution in [0.1, 0.15) is 25.5 Å². The first-order valence-corrected chi connectivity index (χ1v) is 11.5. The fourth-order valence-corrected chi connectivity index (χ4v) is 5.76. The third-order valence-corrected chi connectivity index (χ3v) is 7.80. The fourth-order valence-electron chi connectivity index (χ4n) is 3.60. The zero-order valence-corrected chi connectivity index (χ0v) is 17.9. The first-order chi connectivity index (χ1) is 14.1. The van der Waals surface area contributed by atoms with Crippen LogP contribution in [0.15, 0.2) is 46.2 Å². The van der Waals surface area contributed by atoms with Gasteiger partial charge in [-0.1, -0.05) is 11.8 Å². The smallest absolute Gasteiger partial charge is 0.161 e. The summed E-state index contributed by atoms with van der Waals surface area (Å²) in [6.07, 6.45) is 4.07. The van der Waals surface area contributed by atoms with Gasteiger partial charge in [-0.2, -0.15) is 0 Å². The zero-order chi connectivity index (χ0) is 19.8. The van der Waals surface area contributed by atoms with Crippen LogP contribution < -0.4 is 10.6 Å². The van der Waals surface area contributed by atoms with Crippen molar-refractivity contribution >= 4 is 34.6 Å². The van der Waals surface area contributed by atoms with Crippen LogP contribution in [0.5, 0.6) is 0 Å². The van der Waals surface area contributed by atoms with E-state index < -0.39 is 0 Å². The van der Waals surface area contributed by atoms with E-state index in [0.29, 0.717) is 0 Å². The van der Waals surface area contributed by atoms with Gasteiger partial charge in [0.2, 0.25) is 0 Å². The van der Waals surface area contributed by atoms with Gasteiger partial charge in [0.15, 0.2) is 10.2 Å². The minimum atomic E-state index is -0.00632. The predicted molar refractivity (Wildman–Crippen MR) is 118 cm³/mol. The summed E-state index contributed by atoms with van der Waals surface area (Å²) in [6.45, 7) is 4.46. The molecule has 1 aliphatic heterocycles. The van der Waals surface area contributed by atoms with Gasteiger partial charge in [-0.25, -0.2) is 15.0 Å². The van der Waals surface area contributed by atoms with Gasteiger partial charge in [-0.15, -0.1) is 11.3 Å². The Kier molecular flexibility index (Phi) is 4.93. The van der Waals surface area contributed by atoms with Crippen molar-refractivity contribution in [1.29, 1.82) is 0 Å². The van der Waals surface area contributed by atoms with Crippen molar-refractivity contribution < 1.29 is 4.74 Å². The number of hydrogen-bond donors (Lipinski definition) is 1. The Morgan fingerprint density at radius 3 is 2.76 bits per heavy atom. The number of benzene rings is 1. The van der Waals surface area contributed by atoms with Gasteiger partial charge in [0.1, 0.15) is 5.82 Å². The number of nitrogens with two attached hydrogens (primary N) is 1. The normalized spacial score (nSPS) is 20.6. The number of rotatable bonds is 5. The SMILES string of the molecule is C[C@H]1COCCN1c1cc(C2(Sc3nccs3)CC2)nc(-c2ccc(N)cc2)n1. The number of hydrogen-bond acceptors (Lipinski definition) is 8. The Labute approximate surface area is 178 Å². The van der Waals surface area contributed by atoms with Crippen molar-refractivity contribution in [3.05, 3.63) is 47.6 Å². The molecule has 1 aliphatic carbocycles. The number of ether oxygens (including phenoxy) is 1. The molecule has 0 radical (unpaired) electrons. The molecule has 1 atom stereocenters. The first-order valence-electron chi connectivity index (χ1n) is 9.81. The Morgan fingerprint density at radius 1 is 1.24 bits per heavy atom. The van der Waals surface area contributed by atoms with Crippen LogP contribution in [0.4, 0.5) is 11.5 Å². The molecule has 5 rings (SSSR count). The molecule has 3 aromatic rings. The molecular weight excluding hydrogens is 402 g/mol. The molecular formula is C21H23N5OS2. The van der Waals surface area contributed by atoms with Crippen molar-refractivity contribution in [2.24, 2.45) is 0 Å². The molecule has 0 unspecified atom stereocenters. The van der Waals surface area contributed by atoms with Crippen LogP contribution in [-0.2, 0) is 9.48 Å². The summed E-state index contributed by atoms with van der Waals surface area (Å²) in [5.41, 5.74) is 8.70. The van der Waals surface area contributed by atoms with Gasteiger partial charge in [0.25, 0.3) is 0 Å². The lowest BCUT2D eigenvalue weighted by Gasteiger charge is -2.34. The standard InChI is InChI=1S/C21H23N5OS2/c1-14-13-27-10-9-26(14)18-12-17(21(6-7-21)29-20-23-8-11-28-20)24-19(25-18)15-2-4-16(22)5-3-15/h2-5,8,11-12,14H,6-7,9-10,13,22H2,1H3/t14-/m0/s1. The highest BCUT2D eigenvalue weighted by Gasteiger charge is 2.48. The first kappa shape index (κ1) is 18.8. The van der Waals surface area contributed by atoms with E-state index in [9.17, 15) is 0 Å². The molecule has 29 heavy (non-hydrogen) atoms. The monoisotopic (exact) mass is 425 g/mol. The van der Waals surface area contributed by atoms with Gasteiger partial charge < -0.3 is 15.4 Å². The minimum absolute atomic E-state index is 0.00632. The maximum atomic E-state index is 5.88. The van der Waals surface area contributed by atoms with Crippen LogP contribution in [-0.4, -0.2) is 40.8 Å². The Hall–Kier alpha value is -2.16. The van der Waals surface area contributed by atoms with Gasteiger partial charge >= 0.3 is 0 Å². The number of anilines is 2. The van der Waals surface area contributed by atoms with Crippen LogP contribution >= 0.6 is 23.1 Å². The highest BCUT2D eigenvalue weighted by molar-refractivity contribution is 8.02. The maximum Gasteiger partial charge on any atom is 0.161 e. The third-order valence-electron chi connectivity index (χ3n) is 5.41. The molecule has 8 heteroatoms. The molecule has 2 fully saturated rings. The molecule has 2 aromatic heterocycles. The van der Waals surface area contributed by atoms with E-state index in [1.165, 1.54) is 0 Å². The molecule has 2 N–H and O–H groups in total. The summed E-state index contributed by atoms with van der Waals surface area (Å²) in [5, 5.41) is 2.03. The average molecular weight is 426 g/mol. The second kappa shape index (κ2) is 7.59. The summed E-state index contributed by atoms with van der Waals surface area (Å²) in [7, 11) is 0. The lowest BCUT2D eigenvalue weighted by atomic mass is 10.1. The molecule has 150 valence electrons. The number of aromatic nitrogens is 3. The van der Waals surface area contributed by atoms with E-state index in [4.69, 9.17) is 20.4 Å². The van der Waals surface area contributed by atoms with Gasteiger partial charge in [0, 0.05) is 35.4 Å². The minimum Gasteiger partial charge on any atom is -0.399 e. The Morgan fingerprint density at radius 2 is 2.07 bits per heavy atom. The van der Waals surface area contributed by atoms with Crippen LogP contribution in [0, 0.1) is 0 Å². The maximum absolute atomic E-state index is 5.88. The van der Waals surface area contributed by atoms with Crippen LogP contribution in [0.2, 0.25) is 0 Å². The molecule has 6 nitrogen and oxygen atoms in total. The molecule has 3 heterocycles. The predicted octanol–water partition coefficient (Wildman–Crippen LogP) is 4.19. The summed E-state index contributed by atoms with van der Waals surface area (Å²) in [4.78, 5) is 16.8. The van der Waals surface area contributed by atoms with Crippen LogP contribution in [0.3, 0.4) is 0 Å². The van der Waals surface area contributed by atoms with E-state index in [1.807, 2.05) is 47.6 Å². The Bertz CT molecular complexity index is 989. The van der Waals surface area contributed by atoms with Crippen molar-refractivity contribution in [3.63, 3.8) is 0 Å². The summed E-state index contributed by atoms with van der Waals surface area (Å²) < 4.78 is 6.72. The largest absolute Gasteiger partial charge is 0.399 e. The average Bonchev–Trinajstić information content (AvgIpc) is 3.34. The second-order valence-corrected chi connectivity index (χ2v) is 10.1. The van der Waals surface area contributed by atoms with E-state index in [2.05, 4.69) is 22.9 Å². The molecule has 1 saturated carbocycles. The summed E-state index contributed by atoms with van der Waals surface area (Å²) in [6, 6.07) is 10.3. The van der Waals surface area contributed by atoms with Crippen molar-refractivity contribution in [2.45, 2.75) is 34.9 Å². The molecule has 0 bridgehead atoms. The summed E-state index contributed by atoms with van der Waals surface area (Å²) in [5.74, 6) is 1.73.